The van der Waals surface area contributed by atoms with Crippen molar-refractivity contribution >= 4 is 27.9 Å². The van der Waals surface area contributed by atoms with Crippen LogP contribution >= 0.6 is 0 Å². The van der Waals surface area contributed by atoms with E-state index in [2.05, 4.69) is 10.6 Å². The van der Waals surface area contributed by atoms with Crippen molar-refractivity contribution in [3.8, 4) is 0 Å². The van der Waals surface area contributed by atoms with Gasteiger partial charge in [0.15, 0.2) is 5.92 Å². The standard InChI is InChI=1S/C24H28N2O7S/c1-15-10-12-17(13-11-15)34(30,31)32-14-18-20(22(28)25-18)26-21(27)19(16-8-6-5-7-9-16)23(29)33-24(2,3)4/h5-13,18-20H,14H2,1-4H3,(H,25,28)(H,26,27)/t18-,19?,20+/m0/s1. The molecule has 1 fully saturated rings. The van der Waals surface area contributed by atoms with Gasteiger partial charge in [-0.25, -0.2) is 0 Å². The fraction of sp³-hybridized carbons (Fsp3) is 0.375. The number of carbonyl (C=O) groups is 3. The lowest BCUT2D eigenvalue weighted by atomic mass is 9.94. The number of esters is 1. The second-order valence-corrected chi connectivity index (χ2v) is 10.6. The van der Waals surface area contributed by atoms with Gasteiger partial charge in [0.1, 0.15) is 11.6 Å². The van der Waals surface area contributed by atoms with Crippen LogP contribution in [0, 0.1) is 6.92 Å². The Morgan fingerprint density at radius 1 is 1.06 bits per heavy atom. The maximum Gasteiger partial charge on any atom is 0.323 e. The summed E-state index contributed by atoms with van der Waals surface area (Å²) >= 11 is 0. The Bertz CT molecular complexity index is 1160. The van der Waals surface area contributed by atoms with E-state index in [4.69, 9.17) is 8.92 Å². The molecule has 1 heterocycles. The summed E-state index contributed by atoms with van der Waals surface area (Å²) in [6.45, 7) is 6.51. The van der Waals surface area contributed by atoms with Crippen molar-refractivity contribution in [2.75, 3.05) is 6.61 Å². The van der Waals surface area contributed by atoms with Gasteiger partial charge in [0.2, 0.25) is 11.8 Å². The first-order chi connectivity index (χ1) is 15.9. The number of rotatable bonds is 8. The van der Waals surface area contributed by atoms with Gasteiger partial charge in [-0.05, 0) is 45.4 Å². The van der Waals surface area contributed by atoms with Crippen LogP contribution in [0.5, 0.6) is 0 Å². The molecule has 0 aliphatic carbocycles. The van der Waals surface area contributed by atoms with E-state index < -0.39 is 51.5 Å². The van der Waals surface area contributed by atoms with Crippen LogP contribution in [0.15, 0.2) is 59.5 Å². The monoisotopic (exact) mass is 488 g/mol. The fourth-order valence-electron chi connectivity index (χ4n) is 3.32. The van der Waals surface area contributed by atoms with Crippen LogP contribution in [-0.4, -0.2) is 50.5 Å². The molecule has 2 N–H and O–H groups in total. The number of benzene rings is 2. The van der Waals surface area contributed by atoms with Gasteiger partial charge in [0.05, 0.1) is 17.5 Å². The number of β-lactam (4-membered cyclic amide) rings is 1. The van der Waals surface area contributed by atoms with Gasteiger partial charge in [-0.1, -0.05) is 48.0 Å². The van der Waals surface area contributed by atoms with Crippen molar-refractivity contribution in [3.05, 3.63) is 65.7 Å². The molecule has 1 saturated heterocycles. The molecule has 2 aromatic rings. The smallest absolute Gasteiger partial charge is 0.323 e. The van der Waals surface area contributed by atoms with Crippen LogP contribution in [0.2, 0.25) is 0 Å². The van der Waals surface area contributed by atoms with Gasteiger partial charge < -0.3 is 15.4 Å². The number of hydrogen-bond acceptors (Lipinski definition) is 7. The lowest BCUT2D eigenvalue weighted by Gasteiger charge is -2.37. The normalized spacial score (nSPS) is 18.9. The minimum atomic E-state index is -4.05. The Morgan fingerprint density at radius 2 is 1.68 bits per heavy atom. The van der Waals surface area contributed by atoms with Crippen molar-refractivity contribution in [3.63, 3.8) is 0 Å². The number of amides is 2. The Kier molecular flexibility index (Phi) is 7.42. The Hall–Kier alpha value is -3.24. The molecular formula is C24H28N2O7S. The fourth-order valence-corrected chi connectivity index (χ4v) is 4.25. The number of carbonyl (C=O) groups excluding carboxylic acids is 3. The van der Waals surface area contributed by atoms with E-state index in [0.29, 0.717) is 5.56 Å². The maximum absolute atomic E-state index is 13.1. The summed E-state index contributed by atoms with van der Waals surface area (Å²) in [7, 11) is -4.05. The largest absolute Gasteiger partial charge is 0.459 e. The first-order valence-corrected chi connectivity index (χ1v) is 12.1. The summed E-state index contributed by atoms with van der Waals surface area (Å²) in [5.74, 6) is -3.30. The Balaban J connectivity index is 1.70. The molecule has 0 radical (unpaired) electrons. The molecule has 1 aliphatic heterocycles. The number of hydrogen-bond donors (Lipinski definition) is 2. The maximum atomic E-state index is 13.1. The molecule has 0 saturated carbocycles. The SMILES string of the molecule is Cc1ccc(S(=O)(=O)OC[C@@H]2NC(=O)[C@@H]2NC(=O)C(C(=O)OC(C)(C)C)c2ccccc2)cc1. The summed E-state index contributed by atoms with van der Waals surface area (Å²) in [6.07, 6.45) is 0. The Labute approximate surface area is 199 Å². The molecule has 0 aromatic heterocycles. The highest BCUT2D eigenvalue weighted by Crippen LogP contribution is 2.23. The molecule has 182 valence electrons. The van der Waals surface area contributed by atoms with Crippen LogP contribution in [0.1, 0.15) is 37.8 Å². The van der Waals surface area contributed by atoms with E-state index in [9.17, 15) is 22.8 Å². The van der Waals surface area contributed by atoms with Gasteiger partial charge in [-0.3, -0.25) is 18.6 Å². The number of nitrogens with one attached hydrogen (secondary N) is 2. The summed E-state index contributed by atoms with van der Waals surface area (Å²) in [5, 5.41) is 5.06. The molecule has 1 aliphatic rings. The number of ether oxygens (including phenoxy) is 1. The van der Waals surface area contributed by atoms with Crippen LogP contribution in [-0.2, 0) is 33.4 Å². The molecule has 10 heteroatoms. The molecule has 3 atom stereocenters. The average molecular weight is 489 g/mol. The van der Waals surface area contributed by atoms with Crippen molar-refractivity contribution in [1.29, 1.82) is 0 Å². The highest BCUT2D eigenvalue weighted by atomic mass is 32.2. The zero-order valence-corrected chi connectivity index (χ0v) is 20.2. The van der Waals surface area contributed by atoms with E-state index >= 15 is 0 Å². The highest BCUT2D eigenvalue weighted by Gasteiger charge is 2.44. The minimum Gasteiger partial charge on any atom is -0.459 e. The van der Waals surface area contributed by atoms with Crippen LogP contribution < -0.4 is 10.6 Å². The Morgan fingerprint density at radius 3 is 2.24 bits per heavy atom. The molecule has 3 rings (SSSR count). The quantitative estimate of drug-likeness (QED) is 0.251. The second kappa shape index (κ2) is 9.94. The molecule has 2 aromatic carbocycles. The second-order valence-electron chi connectivity index (χ2n) is 9.03. The highest BCUT2D eigenvalue weighted by molar-refractivity contribution is 7.86. The van der Waals surface area contributed by atoms with E-state index in [1.54, 1.807) is 63.2 Å². The van der Waals surface area contributed by atoms with Gasteiger partial charge in [-0.15, -0.1) is 0 Å². The summed E-state index contributed by atoms with van der Waals surface area (Å²) in [5.41, 5.74) is 0.480. The van der Waals surface area contributed by atoms with Crippen molar-refractivity contribution in [2.45, 2.75) is 56.2 Å². The third-order valence-corrected chi connectivity index (χ3v) is 6.36. The molecule has 0 bridgehead atoms. The molecule has 9 nitrogen and oxygen atoms in total. The lowest BCUT2D eigenvalue weighted by molar-refractivity contribution is -0.159. The van der Waals surface area contributed by atoms with E-state index in [1.807, 2.05) is 6.92 Å². The zero-order valence-electron chi connectivity index (χ0n) is 19.4. The van der Waals surface area contributed by atoms with Crippen molar-refractivity contribution < 1.29 is 31.7 Å². The summed E-state index contributed by atoms with van der Waals surface area (Å²) in [6, 6.07) is 12.6. The minimum absolute atomic E-state index is 0.0154. The van der Waals surface area contributed by atoms with Crippen LogP contribution in [0.3, 0.4) is 0 Å². The van der Waals surface area contributed by atoms with Crippen molar-refractivity contribution in [2.24, 2.45) is 0 Å². The van der Waals surface area contributed by atoms with Crippen LogP contribution in [0.4, 0.5) is 0 Å². The third kappa shape index (κ3) is 6.21. The topological polar surface area (TPSA) is 128 Å². The first kappa shape index (κ1) is 25.4. The predicted octanol–water partition coefficient (Wildman–Crippen LogP) is 1.81. The van der Waals surface area contributed by atoms with E-state index in [-0.39, 0.29) is 11.5 Å². The summed E-state index contributed by atoms with van der Waals surface area (Å²) in [4.78, 5) is 38.0. The molecule has 1 unspecified atom stereocenters. The molecular weight excluding hydrogens is 460 g/mol. The van der Waals surface area contributed by atoms with Gasteiger partial charge in [-0.2, -0.15) is 8.42 Å². The lowest BCUT2D eigenvalue weighted by Crippen LogP contribution is -2.71. The summed E-state index contributed by atoms with van der Waals surface area (Å²) < 4.78 is 35.4. The molecule has 0 spiro atoms. The van der Waals surface area contributed by atoms with E-state index in [0.717, 1.165) is 5.56 Å². The first-order valence-electron chi connectivity index (χ1n) is 10.7. The van der Waals surface area contributed by atoms with E-state index in [1.165, 1.54) is 12.1 Å². The van der Waals surface area contributed by atoms with Crippen LogP contribution in [0.25, 0.3) is 0 Å². The van der Waals surface area contributed by atoms with Crippen molar-refractivity contribution in [1.82, 2.24) is 10.6 Å². The average Bonchev–Trinajstić information content (AvgIpc) is 2.75. The van der Waals surface area contributed by atoms with Gasteiger partial charge in [0, 0.05) is 0 Å². The van der Waals surface area contributed by atoms with Gasteiger partial charge >= 0.3 is 5.97 Å². The molecule has 2 amide bonds. The third-order valence-electron chi connectivity index (χ3n) is 5.06. The number of aryl methyl sites for hydroxylation is 1. The van der Waals surface area contributed by atoms with Gasteiger partial charge in [0.25, 0.3) is 10.1 Å². The predicted molar refractivity (Wildman–Crippen MR) is 123 cm³/mol. The zero-order chi connectivity index (χ0) is 25.1. The molecule has 34 heavy (non-hydrogen) atoms.